The lowest BCUT2D eigenvalue weighted by Crippen LogP contribution is -2.31. The third-order valence-corrected chi connectivity index (χ3v) is 2.60. The number of hydrogen-bond acceptors (Lipinski definition) is 1. The summed E-state index contributed by atoms with van der Waals surface area (Å²) in [6.07, 6.45) is -3.56. The second-order valence-corrected chi connectivity index (χ2v) is 4.90. The van der Waals surface area contributed by atoms with Crippen LogP contribution >= 0.6 is 11.6 Å². The molecule has 1 rings (SSSR count). The van der Waals surface area contributed by atoms with Gasteiger partial charge in [0.05, 0.1) is 5.56 Å². The van der Waals surface area contributed by atoms with Gasteiger partial charge in [0.25, 0.3) is 0 Å². The molecule has 0 spiro atoms. The number of halogens is 4. The van der Waals surface area contributed by atoms with Gasteiger partial charge in [-0.3, -0.25) is 0 Å². The summed E-state index contributed by atoms with van der Waals surface area (Å²) in [5.41, 5.74) is -0.215. The van der Waals surface area contributed by atoms with Crippen LogP contribution in [0.3, 0.4) is 0 Å². The summed E-state index contributed by atoms with van der Waals surface area (Å²) in [7, 11) is 0. The van der Waals surface area contributed by atoms with Gasteiger partial charge >= 0.3 is 6.18 Å². The van der Waals surface area contributed by atoms with Crippen LogP contribution in [0.25, 0.3) is 0 Å². The second kappa shape index (κ2) is 5.17. The van der Waals surface area contributed by atoms with Crippen molar-refractivity contribution in [3.63, 3.8) is 0 Å². The number of rotatable bonds is 4. The number of nitrogens with one attached hydrogen (secondary N) is 1. The molecule has 1 aromatic carbocycles. The molecule has 0 aliphatic heterocycles. The first-order valence-electron chi connectivity index (χ1n) is 5.26. The van der Waals surface area contributed by atoms with Gasteiger partial charge < -0.3 is 5.32 Å². The smallest absolute Gasteiger partial charge is 0.380 e. The Morgan fingerprint density at radius 3 is 2.06 bits per heavy atom. The molecule has 1 nitrogen and oxygen atoms in total. The van der Waals surface area contributed by atoms with Crippen LogP contribution < -0.4 is 5.32 Å². The average molecular weight is 266 g/mol. The molecule has 0 amide bonds. The Kier molecular flexibility index (Phi) is 4.31. The molecule has 17 heavy (non-hydrogen) atoms. The minimum Gasteiger partial charge on any atom is -0.380 e. The molecule has 0 unspecified atom stereocenters. The van der Waals surface area contributed by atoms with E-state index in [1.807, 2.05) is 13.8 Å². The third-order valence-electron chi connectivity index (χ3n) is 2.41. The fraction of sp³-hybridized carbons (Fsp3) is 0.500. The summed E-state index contributed by atoms with van der Waals surface area (Å²) in [6.45, 7) is 3.90. The SMILES string of the molecule is CC(C)(CCCl)Nc1ccc(C(F)(F)F)cc1. The molecule has 0 atom stereocenters. The van der Waals surface area contributed by atoms with Gasteiger partial charge in [-0.1, -0.05) is 0 Å². The van der Waals surface area contributed by atoms with E-state index in [4.69, 9.17) is 11.6 Å². The highest BCUT2D eigenvalue weighted by molar-refractivity contribution is 6.17. The van der Waals surface area contributed by atoms with Crippen LogP contribution in [0, 0.1) is 0 Å². The zero-order chi connectivity index (χ0) is 13.1. The molecule has 0 aliphatic rings. The fourth-order valence-corrected chi connectivity index (χ4v) is 1.90. The van der Waals surface area contributed by atoms with Gasteiger partial charge in [0.2, 0.25) is 0 Å². The highest BCUT2D eigenvalue weighted by Gasteiger charge is 2.30. The van der Waals surface area contributed by atoms with Crippen molar-refractivity contribution in [1.29, 1.82) is 0 Å². The summed E-state index contributed by atoms with van der Waals surface area (Å²) < 4.78 is 37.0. The highest BCUT2D eigenvalue weighted by atomic mass is 35.5. The molecule has 0 saturated carbocycles. The predicted molar refractivity (Wildman–Crippen MR) is 64.5 cm³/mol. The molecule has 96 valence electrons. The lowest BCUT2D eigenvalue weighted by Gasteiger charge is -2.26. The largest absolute Gasteiger partial charge is 0.416 e. The molecule has 0 heterocycles. The number of hydrogen-bond donors (Lipinski definition) is 1. The molecule has 0 bridgehead atoms. The van der Waals surface area contributed by atoms with Crippen molar-refractivity contribution in [2.24, 2.45) is 0 Å². The van der Waals surface area contributed by atoms with Crippen molar-refractivity contribution < 1.29 is 13.2 Å². The van der Waals surface area contributed by atoms with Crippen molar-refractivity contribution in [3.8, 4) is 0 Å². The van der Waals surface area contributed by atoms with Crippen LogP contribution in [0.4, 0.5) is 18.9 Å². The maximum absolute atomic E-state index is 12.3. The van der Waals surface area contributed by atoms with E-state index < -0.39 is 11.7 Å². The molecular formula is C12H15ClF3N. The second-order valence-electron chi connectivity index (χ2n) is 4.52. The Balaban J connectivity index is 2.75. The number of benzene rings is 1. The normalized spacial score (nSPS) is 12.6. The van der Waals surface area contributed by atoms with Crippen molar-refractivity contribution in [2.75, 3.05) is 11.2 Å². The van der Waals surface area contributed by atoms with E-state index in [-0.39, 0.29) is 5.54 Å². The van der Waals surface area contributed by atoms with Crippen LogP contribution in [-0.4, -0.2) is 11.4 Å². The minimum atomic E-state index is -4.29. The molecule has 0 saturated heterocycles. The summed E-state index contributed by atoms with van der Waals surface area (Å²) in [4.78, 5) is 0. The molecule has 0 fully saturated rings. The number of anilines is 1. The Bertz CT molecular complexity index is 357. The Hall–Kier alpha value is -0.900. The Morgan fingerprint density at radius 1 is 1.12 bits per heavy atom. The van der Waals surface area contributed by atoms with Gasteiger partial charge in [-0.15, -0.1) is 11.6 Å². The van der Waals surface area contributed by atoms with Crippen LogP contribution in [0.1, 0.15) is 25.8 Å². The lowest BCUT2D eigenvalue weighted by molar-refractivity contribution is -0.137. The maximum atomic E-state index is 12.3. The van der Waals surface area contributed by atoms with Crippen LogP contribution in [-0.2, 0) is 6.18 Å². The molecule has 0 aromatic heterocycles. The molecule has 5 heteroatoms. The van der Waals surface area contributed by atoms with Crippen molar-refractivity contribution in [3.05, 3.63) is 29.8 Å². The van der Waals surface area contributed by atoms with Crippen molar-refractivity contribution in [2.45, 2.75) is 32.0 Å². The zero-order valence-electron chi connectivity index (χ0n) is 9.74. The van der Waals surface area contributed by atoms with E-state index in [0.717, 1.165) is 18.6 Å². The lowest BCUT2D eigenvalue weighted by atomic mass is 10.0. The van der Waals surface area contributed by atoms with Gasteiger partial charge in [-0.2, -0.15) is 13.2 Å². The molecule has 0 aliphatic carbocycles. The van der Waals surface area contributed by atoms with Crippen LogP contribution in [0.15, 0.2) is 24.3 Å². The molecule has 1 aromatic rings. The summed E-state index contributed by atoms with van der Waals surface area (Å²) in [5, 5.41) is 3.15. The van der Waals surface area contributed by atoms with Gasteiger partial charge in [-0.25, -0.2) is 0 Å². The monoisotopic (exact) mass is 265 g/mol. The minimum absolute atomic E-state index is 0.235. The summed E-state index contributed by atoms with van der Waals surface area (Å²) in [5.74, 6) is 0.501. The van der Waals surface area contributed by atoms with E-state index in [1.54, 1.807) is 0 Å². The van der Waals surface area contributed by atoms with E-state index >= 15 is 0 Å². The van der Waals surface area contributed by atoms with E-state index in [1.165, 1.54) is 12.1 Å². The maximum Gasteiger partial charge on any atom is 0.416 e. The number of alkyl halides is 4. The first-order valence-corrected chi connectivity index (χ1v) is 5.79. The first-order chi connectivity index (χ1) is 7.74. The van der Waals surface area contributed by atoms with Crippen molar-refractivity contribution >= 4 is 17.3 Å². The quantitative estimate of drug-likeness (QED) is 0.789. The summed E-state index contributed by atoms with van der Waals surface area (Å²) >= 11 is 5.65. The third kappa shape index (κ3) is 4.46. The van der Waals surface area contributed by atoms with Gasteiger partial charge in [0, 0.05) is 17.1 Å². The highest BCUT2D eigenvalue weighted by Crippen LogP contribution is 2.30. The standard InChI is InChI=1S/C12H15ClF3N/c1-11(2,7-8-13)17-10-5-3-9(4-6-10)12(14,15)16/h3-6,17H,7-8H2,1-2H3. The molecule has 0 radical (unpaired) electrons. The van der Waals surface area contributed by atoms with Crippen LogP contribution in [0.5, 0.6) is 0 Å². The van der Waals surface area contributed by atoms with Gasteiger partial charge in [0.15, 0.2) is 0 Å². The van der Waals surface area contributed by atoms with E-state index in [2.05, 4.69) is 5.32 Å². The molecule has 1 N–H and O–H groups in total. The Labute approximate surface area is 104 Å². The van der Waals surface area contributed by atoms with E-state index in [9.17, 15) is 13.2 Å². The Morgan fingerprint density at radius 2 is 1.65 bits per heavy atom. The molecular weight excluding hydrogens is 251 g/mol. The van der Waals surface area contributed by atoms with Gasteiger partial charge in [0.1, 0.15) is 0 Å². The van der Waals surface area contributed by atoms with E-state index in [0.29, 0.717) is 11.6 Å². The topological polar surface area (TPSA) is 12.0 Å². The average Bonchev–Trinajstić information content (AvgIpc) is 2.16. The fourth-order valence-electron chi connectivity index (χ4n) is 1.43. The van der Waals surface area contributed by atoms with Crippen molar-refractivity contribution in [1.82, 2.24) is 0 Å². The zero-order valence-corrected chi connectivity index (χ0v) is 10.5. The van der Waals surface area contributed by atoms with Gasteiger partial charge in [-0.05, 0) is 44.5 Å². The predicted octanol–water partition coefficient (Wildman–Crippen LogP) is 4.52. The van der Waals surface area contributed by atoms with Crippen LogP contribution in [0.2, 0.25) is 0 Å². The summed E-state index contributed by atoms with van der Waals surface area (Å²) in [6, 6.07) is 5.00. The first kappa shape index (κ1) is 14.2.